The van der Waals surface area contributed by atoms with E-state index in [0.717, 1.165) is 32.1 Å². The molecule has 0 unspecified atom stereocenters. The first-order valence-electron chi connectivity index (χ1n) is 9.60. The van der Waals surface area contributed by atoms with Crippen molar-refractivity contribution in [1.29, 1.82) is 0 Å². The Hall–Kier alpha value is -2.44. The van der Waals surface area contributed by atoms with Crippen molar-refractivity contribution in [3.63, 3.8) is 0 Å². The number of hydrogen-bond donors (Lipinski definition) is 1. The molecular weight excluding hydrogens is 508 g/mol. The third-order valence-corrected chi connectivity index (χ3v) is 5.50. The molecule has 0 aliphatic heterocycles. The molecule has 4 nitrogen and oxygen atoms in total. The third-order valence-electron chi connectivity index (χ3n) is 4.45. The third kappa shape index (κ3) is 6.54. The Morgan fingerprint density at radius 2 is 1.70 bits per heavy atom. The molecule has 30 heavy (non-hydrogen) atoms. The number of amides is 1. The topological polar surface area (TPSA) is 50.7 Å². The Morgan fingerprint density at radius 3 is 2.40 bits per heavy atom. The average molecular weight is 530 g/mol. The van der Waals surface area contributed by atoms with Gasteiger partial charge in [-0.15, -0.1) is 0 Å². The van der Waals surface area contributed by atoms with E-state index in [1.807, 2.05) is 66.7 Å². The minimum atomic E-state index is -0.170. The second-order valence-corrected chi connectivity index (χ2v) is 8.49. The SMILES string of the molecule is CCc1ccc(CC(=O)N/N=C/c2cc(Br)cc(Br)c2OCc2ccccc2)cc1. The molecule has 154 valence electrons. The van der Waals surface area contributed by atoms with Crippen LogP contribution in [0, 0.1) is 0 Å². The Kier molecular flexibility index (Phi) is 8.22. The zero-order chi connectivity index (χ0) is 21.3. The van der Waals surface area contributed by atoms with Gasteiger partial charge in [-0.05, 0) is 51.2 Å². The van der Waals surface area contributed by atoms with Gasteiger partial charge in [0.25, 0.3) is 0 Å². The van der Waals surface area contributed by atoms with Crippen molar-refractivity contribution in [1.82, 2.24) is 5.43 Å². The van der Waals surface area contributed by atoms with Gasteiger partial charge in [0.05, 0.1) is 17.1 Å². The van der Waals surface area contributed by atoms with Gasteiger partial charge in [0, 0.05) is 10.0 Å². The molecule has 6 heteroatoms. The lowest BCUT2D eigenvalue weighted by atomic mass is 10.1. The van der Waals surface area contributed by atoms with E-state index >= 15 is 0 Å². The summed E-state index contributed by atoms with van der Waals surface area (Å²) >= 11 is 7.03. The van der Waals surface area contributed by atoms with Gasteiger partial charge in [-0.1, -0.05) is 77.5 Å². The zero-order valence-electron chi connectivity index (χ0n) is 16.6. The summed E-state index contributed by atoms with van der Waals surface area (Å²) in [4.78, 5) is 12.2. The molecule has 0 saturated heterocycles. The molecule has 0 aliphatic carbocycles. The molecule has 3 rings (SSSR count). The lowest BCUT2D eigenvalue weighted by Crippen LogP contribution is -2.19. The van der Waals surface area contributed by atoms with Gasteiger partial charge < -0.3 is 4.74 Å². The van der Waals surface area contributed by atoms with E-state index in [1.165, 1.54) is 5.56 Å². The summed E-state index contributed by atoms with van der Waals surface area (Å²) in [5, 5.41) is 4.12. The summed E-state index contributed by atoms with van der Waals surface area (Å²) in [5.74, 6) is 0.492. The molecule has 0 saturated carbocycles. The highest BCUT2D eigenvalue weighted by Crippen LogP contribution is 2.32. The number of carbonyl (C=O) groups excluding carboxylic acids is 1. The van der Waals surface area contributed by atoms with Crippen molar-refractivity contribution in [2.75, 3.05) is 0 Å². The van der Waals surface area contributed by atoms with E-state index in [9.17, 15) is 4.79 Å². The second kappa shape index (κ2) is 11.1. The fourth-order valence-electron chi connectivity index (χ4n) is 2.85. The first-order chi connectivity index (χ1) is 14.5. The van der Waals surface area contributed by atoms with Crippen molar-refractivity contribution in [3.8, 4) is 5.75 Å². The first-order valence-corrected chi connectivity index (χ1v) is 11.2. The Bertz CT molecular complexity index is 1020. The maximum Gasteiger partial charge on any atom is 0.244 e. The molecule has 3 aromatic rings. The van der Waals surface area contributed by atoms with Crippen molar-refractivity contribution in [2.24, 2.45) is 5.10 Å². The minimum Gasteiger partial charge on any atom is -0.487 e. The number of carbonyl (C=O) groups is 1. The molecule has 0 atom stereocenters. The van der Waals surface area contributed by atoms with Crippen LogP contribution in [0.25, 0.3) is 0 Å². The predicted octanol–water partition coefficient (Wildman–Crippen LogP) is 6.05. The van der Waals surface area contributed by atoms with Crippen LogP contribution in [0.2, 0.25) is 0 Å². The lowest BCUT2D eigenvalue weighted by Gasteiger charge is -2.12. The molecular formula is C24H22Br2N2O2. The number of ether oxygens (including phenoxy) is 1. The van der Waals surface area contributed by atoms with E-state index in [0.29, 0.717) is 12.4 Å². The number of rotatable bonds is 8. The monoisotopic (exact) mass is 528 g/mol. The van der Waals surface area contributed by atoms with Gasteiger partial charge in [0.1, 0.15) is 12.4 Å². The number of hydrogen-bond acceptors (Lipinski definition) is 3. The zero-order valence-corrected chi connectivity index (χ0v) is 19.7. The molecule has 3 aromatic carbocycles. The summed E-state index contributed by atoms with van der Waals surface area (Å²) < 4.78 is 7.69. The van der Waals surface area contributed by atoms with Gasteiger partial charge >= 0.3 is 0 Å². The quantitative estimate of drug-likeness (QED) is 0.285. The first kappa shape index (κ1) is 22.2. The maximum atomic E-state index is 12.2. The normalized spacial score (nSPS) is 10.9. The van der Waals surface area contributed by atoms with Crippen LogP contribution in [0.15, 0.2) is 80.8 Å². The van der Waals surface area contributed by atoms with Crippen LogP contribution in [0.4, 0.5) is 0 Å². The highest BCUT2D eigenvalue weighted by atomic mass is 79.9. The number of benzene rings is 3. The van der Waals surface area contributed by atoms with Crippen LogP contribution in [0.5, 0.6) is 5.75 Å². The summed E-state index contributed by atoms with van der Waals surface area (Å²) in [6.07, 6.45) is 2.85. The van der Waals surface area contributed by atoms with Gasteiger partial charge in [-0.25, -0.2) is 5.43 Å². The van der Waals surface area contributed by atoms with Crippen molar-refractivity contribution < 1.29 is 9.53 Å². The molecule has 0 aromatic heterocycles. The van der Waals surface area contributed by atoms with Crippen molar-refractivity contribution in [2.45, 2.75) is 26.4 Å². The predicted molar refractivity (Wildman–Crippen MR) is 128 cm³/mol. The molecule has 0 heterocycles. The van der Waals surface area contributed by atoms with Crippen LogP contribution >= 0.6 is 31.9 Å². The number of hydrazone groups is 1. The van der Waals surface area contributed by atoms with Crippen LogP contribution in [0.3, 0.4) is 0 Å². The Labute approximate surface area is 193 Å². The molecule has 0 fully saturated rings. The lowest BCUT2D eigenvalue weighted by molar-refractivity contribution is -0.120. The number of halogens is 2. The van der Waals surface area contributed by atoms with Crippen LogP contribution in [-0.4, -0.2) is 12.1 Å². The van der Waals surface area contributed by atoms with Crippen molar-refractivity contribution >= 4 is 44.0 Å². The number of aryl methyl sites for hydroxylation is 1. The number of nitrogens with one attached hydrogen (secondary N) is 1. The summed E-state index contributed by atoms with van der Waals surface area (Å²) in [6.45, 7) is 2.54. The van der Waals surface area contributed by atoms with Crippen LogP contribution in [0.1, 0.15) is 29.2 Å². The maximum absolute atomic E-state index is 12.2. The van der Waals surface area contributed by atoms with Gasteiger partial charge in [-0.2, -0.15) is 5.10 Å². The van der Waals surface area contributed by atoms with E-state index < -0.39 is 0 Å². The second-order valence-electron chi connectivity index (χ2n) is 6.72. The standard InChI is InChI=1S/C24H22Br2N2O2/c1-2-17-8-10-18(11-9-17)12-23(29)28-27-15-20-13-21(25)14-22(26)24(20)30-16-19-6-4-3-5-7-19/h3-11,13-15H,2,12,16H2,1H3,(H,28,29)/b27-15+. The van der Waals surface area contributed by atoms with Gasteiger partial charge in [0.2, 0.25) is 5.91 Å². The number of nitrogens with zero attached hydrogens (tertiary/aromatic N) is 1. The fourth-order valence-corrected chi connectivity index (χ4v) is 4.22. The van der Waals surface area contributed by atoms with Crippen molar-refractivity contribution in [3.05, 3.63) is 97.9 Å². The van der Waals surface area contributed by atoms with E-state index in [4.69, 9.17) is 4.74 Å². The molecule has 0 bridgehead atoms. The average Bonchev–Trinajstić information content (AvgIpc) is 2.74. The van der Waals surface area contributed by atoms with E-state index in [1.54, 1.807) is 6.21 Å². The molecule has 0 radical (unpaired) electrons. The fraction of sp³-hybridized carbons (Fsp3) is 0.167. The Balaban J connectivity index is 1.65. The molecule has 1 N–H and O–H groups in total. The highest BCUT2D eigenvalue weighted by Gasteiger charge is 2.10. The van der Waals surface area contributed by atoms with E-state index in [-0.39, 0.29) is 12.3 Å². The summed E-state index contributed by atoms with van der Waals surface area (Å²) in [7, 11) is 0. The van der Waals surface area contributed by atoms with Crippen LogP contribution in [-0.2, 0) is 24.2 Å². The summed E-state index contributed by atoms with van der Waals surface area (Å²) in [6, 6.07) is 21.8. The molecule has 1 amide bonds. The Morgan fingerprint density at radius 1 is 1.00 bits per heavy atom. The highest BCUT2D eigenvalue weighted by molar-refractivity contribution is 9.11. The van der Waals surface area contributed by atoms with Crippen LogP contribution < -0.4 is 10.2 Å². The van der Waals surface area contributed by atoms with E-state index in [2.05, 4.69) is 49.3 Å². The molecule has 0 aliphatic rings. The largest absolute Gasteiger partial charge is 0.487 e. The van der Waals surface area contributed by atoms with Gasteiger partial charge in [0.15, 0.2) is 0 Å². The molecule has 0 spiro atoms. The minimum absolute atomic E-state index is 0.170. The summed E-state index contributed by atoms with van der Waals surface area (Å²) in [5.41, 5.74) is 6.62. The smallest absolute Gasteiger partial charge is 0.244 e. The van der Waals surface area contributed by atoms with Gasteiger partial charge in [-0.3, -0.25) is 4.79 Å².